The van der Waals surface area contributed by atoms with Gasteiger partial charge in [0, 0.05) is 5.41 Å². The predicted octanol–water partition coefficient (Wildman–Crippen LogP) is 5.31. The summed E-state index contributed by atoms with van der Waals surface area (Å²) in [6, 6.07) is 10.2. The van der Waals surface area contributed by atoms with Gasteiger partial charge in [-0.2, -0.15) is 0 Å². The SMILES string of the molecule is C=CC(CCC(C=C)(C=C)CC)OCc1ccccc1. The van der Waals surface area contributed by atoms with Gasteiger partial charge in [0.05, 0.1) is 12.7 Å². The lowest BCUT2D eigenvalue weighted by atomic mass is 9.80. The minimum absolute atomic E-state index is 0.0113. The second-order valence-corrected chi connectivity index (χ2v) is 5.10. The molecule has 0 heterocycles. The van der Waals surface area contributed by atoms with Gasteiger partial charge < -0.3 is 4.74 Å². The highest BCUT2D eigenvalue weighted by molar-refractivity contribution is 5.13. The zero-order chi connectivity index (χ0) is 14.8. The molecule has 1 unspecified atom stereocenters. The molecule has 0 bridgehead atoms. The molecule has 0 spiro atoms. The van der Waals surface area contributed by atoms with Crippen molar-refractivity contribution >= 4 is 0 Å². The van der Waals surface area contributed by atoms with Gasteiger partial charge in [0.25, 0.3) is 0 Å². The molecule has 0 saturated carbocycles. The van der Waals surface area contributed by atoms with Crippen LogP contribution in [0.5, 0.6) is 0 Å². The molecule has 1 nitrogen and oxygen atoms in total. The first-order valence-electron chi connectivity index (χ1n) is 7.25. The Morgan fingerprint density at radius 2 is 1.80 bits per heavy atom. The van der Waals surface area contributed by atoms with E-state index in [1.165, 1.54) is 5.56 Å². The number of allylic oxidation sites excluding steroid dienone is 2. The van der Waals surface area contributed by atoms with Crippen LogP contribution < -0.4 is 0 Å². The summed E-state index contributed by atoms with van der Waals surface area (Å²) >= 11 is 0. The average molecular weight is 270 g/mol. The fraction of sp³-hybridized carbons (Fsp3) is 0.368. The van der Waals surface area contributed by atoms with Crippen molar-refractivity contribution in [3.8, 4) is 0 Å². The lowest BCUT2D eigenvalue weighted by molar-refractivity contribution is 0.0608. The molecule has 0 radical (unpaired) electrons. The first-order chi connectivity index (χ1) is 9.69. The predicted molar refractivity (Wildman–Crippen MR) is 87.6 cm³/mol. The summed E-state index contributed by atoms with van der Waals surface area (Å²) in [5, 5.41) is 0. The van der Waals surface area contributed by atoms with E-state index < -0.39 is 0 Å². The summed E-state index contributed by atoms with van der Waals surface area (Å²) in [7, 11) is 0. The molecule has 0 fully saturated rings. The van der Waals surface area contributed by atoms with Crippen LogP contribution in [-0.4, -0.2) is 6.10 Å². The molecule has 0 aliphatic carbocycles. The highest BCUT2D eigenvalue weighted by Crippen LogP contribution is 2.31. The third-order valence-electron chi connectivity index (χ3n) is 3.94. The number of hydrogen-bond donors (Lipinski definition) is 0. The van der Waals surface area contributed by atoms with Crippen LogP contribution in [0.15, 0.2) is 68.3 Å². The molecule has 1 aromatic rings. The minimum Gasteiger partial charge on any atom is -0.369 e. The van der Waals surface area contributed by atoms with Crippen molar-refractivity contribution in [2.45, 2.75) is 38.9 Å². The first kappa shape index (κ1) is 16.5. The number of ether oxygens (including phenoxy) is 1. The van der Waals surface area contributed by atoms with Gasteiger partial charge in [0.2, 0.25) is 0 Å². The molecule has 0 N–H and O–H groups in total. The van der Waals surface area contributed by atoms with E-state index in [1.54, 1.807) is 0 Å². The molecule has 108 valence electrons. The van der Waals surface area contributed by atoms with E-state index in [-0.39, 0.29) is 11.5 Å². The van der Waals surface area contributed by atoms with Crippen LogP contribution in [0.4, 0.5) is 0 Å². The molecule has 0 aromatic heterocycles. The van der Waals surface area contributed by atoms with Crippen molar-refractivity contribution in [2.24, 2.45) is 5.41 Å². The van der Waals surface area contributed by atoms with Crippen LogP contribution in [0.2, 0.25) is 0 Å². The zero-order valence-electron chi connectivity index (χ0n) is 12.6. The van der Waals surface area contributed by atoms with Crippen molar-refractivity contribution in [1.29, 1.82) is 0 Å². The molecule has 0 amide bonds. The van der Waals surface area contributed by atoms with Gasteiger partial charge in [-0.05, 0) is 24.8 Å². The monoisotopic (exact) mass is 270 g/mol. The summed E-state index contributed by atoms with van der Waals surface area (Å²) in [6.07, 6.45) is 8.89. The normalized spacial score (nSPS) is 12.7. The van der Waals surface area contributed by atoms with Gasteiger partial charge in [-0.1, -0.05) is 55.5 Å². The van der Waals surface area contributed by atoms with E-state index in [4.69, 9.17) is 4.74 Å². The zero-order valence-corrected chi connectivity index (χ0v) is 12.6. The van der Waals surface area contributed by atoms with E-state index >= 15 is 0 Å². The Bertz CT molecular complexity index is 411. The number of rotatable bonds is 10. The van der Waals surface area contributed by atoms with Gasteiger partial charge in [0.15, 0.2) is 0 Å². The van der Waals surface area contributed by atoms with Crippen LogP contribution >= 0.6 is 0 Å². The Hall–Kier alpha value is -1.60. The van der Waals surface area contributed by atoms with Crippen LogP contribution in [0.3, 0.4) is 0 Å². The molecular weight excluding hydrogens is 244 g/mol. The number of benzene rings is 1. The first-order valence-corrected chi connectivity index (χ1v) is 7.25. The topological polar surface area (TPSA) is 9.23 Å². The molecule has 0 saturated heterocycles. The molecule has 0 aliphatic rings. The average Bonchev–Trinajstić information content (AvgIpc) is 2.53. The highest BCUT2D eigenvalue weighted by atomic mass is 16.5. The molecule has 1 atom stereocenters. The van der Waals surface area contributed by atoms with Crippen molar-refractivity contribution < 1.29 is 4.74 Å². The van der Waals surface area contributed by atoms with Crippen LogP contribution in [-0.2, 0) is 11.3 Å². The second kappa shape index (κ2) is 8.55. The Kier molecular flexibility index (Phi) is 7.03. The van der Waals surface area contributed by atoms with Gasteiger partial charge >= 0.3 is 0 Å². The minimum atomic E-state index is 0.0113. The fourth-order valence-electron chi connectivity index (χ4n) is 2.21. The van der Waals surface area contributed by atoms with Crippen molar-refractivity contribution in [3.05, 3.63) is 73.9 Å². The van der Waals surface area contributed by atoms with E-state index in [2.05, 4.69) is 38.8 Å². The molecule has 0 aliphatic heterocycles. The van der Waals surface area contributed by atoms with Crippen molar-refractivity contribution in [2.75, 3.05) is 0 Å². The van der Waals surface area contributed by atoms with Gasteiger partial charge in [-0.15, -0.1) is 19.7 Å². The Morgan fingerprint density at radius 1 is 1.15 bits per heavy atom. The quantitative estimate of drug-likeness (QED) is 0.524. The van der Waals surface area contributed by atoms with Gasteiger partial charge in [-0.3, -0.25) is 0 Å². The maximum Gasteiger partial charge on any atom is 0.0758 e. The van der Waals surface area contributed by atoms with E-state index in [0.29, 0.717) is 6.61 Å². The highest BCUT2D eigenvalue weighted by Gasteiger charge is 2.21. The third kappa shape index (κ3) is 4.82. The maximum absolute atomic E-state index is 5.92. The summed E-state index contributed by atoms with van der Waals surface area (Å²) < 4.78 is 5.92. The fourth-order valence-corrected chi connectivity index (χ4v) is 2.21. The number of hydrogen-bond acceptors (Lipinski definition) is 1. The van der Waals surface area contributed by atoms with Crippen LogP contribution in [0, 0.1) is 5.41 Å². The standard InChI is InChI=1S/C19H26O/c1-5-18(14-15-19(6-2,7-3)8-4)20-16-17-12-10-9-11-13-17/h5-7,9-13,18H,1-3,8,14-16H2,4H3. The Morgan fingerprint density at radius 3 is 2.30 bits per heavy atom. The van der Waals surface area contributed by atoms with Gasteiger partial charge in [0.1, 0.15) is 0 Å². The van der Waals surface area contributed by atoms with Gasteiger partial charge in [-0.25, -0.2) is 0 Å². The summed E-state index contributed by atoms with van der Waals surface area (Å²) in [6.45, 7) is 14.5. The lowest BCUT2D eigenvalue weighted by Gasteiger charge is -2.27. The summed E-state index contributed by atoms with van der Waals surface area (Å²) in [5.74, 6) is 0. The van der Waals surface area contributed by atoms with Crippen molar-refractivity contribution in [3.63, 3.8) is 0 Å². The molecule has 1 aromatic carbocycles. The molecular formula is C19H26O. The molecule has 1 rings (SSSR count). The van der Waals surface area contributed by atoms with Crippen molar-refractivity contribution in [1.82, 2.24) is 0 Å². The third-order valence-corrected chi connectivity index (χ3v) is 3.94. The lowest BCUT2D eigenvalue weighted by Crippen LogP contribution is -2.18. The Labute approximate surface area is 123 Å². The Balaban J connectivity index is 2.49. The van der Waals surface area contributed by atoms with E-state index in [9.17, 15) is 0 Å². The largest absolute Gasteiger partial charge is 0.369 e. The summed E-state index contributed by atoms with van der Waals surface area (Å²) in [4.78, 5) is 0. The molecule has 20 heavy (non-hydrogen) atoms. The van der Waals surface area contributed by atoms with Crippen LogP contribution in [0.1, 0.15) is 31.7 Å². The van der Waals surface area contributed by atoms with E-state index in [1.807, 2.05) is 36.4 Å². The summed E-state index contributed by atoms with van der Waals surface area (Å²) in [5.41, 5.74) is 1.20. The molecule has 1 heteroatoms. The van der Waals surface area contributed by atoms with E-state index in [0.717, 1.165) is 19.3 Å². The smallest absolute Gasteiger partial charge is 0.0758 e. The van der Waals surface area contributed by atoms with Crippen LogP contribution in [0.25, 0.3) is 0 Å². The second-order valence-electron chi connectivity index (χ2n) is 5.10. The maximum atomic E-state index is 5.92.